The molecule has 6 nitrogen and oxygen atoms in total. The van der Waals surface area contributed by atoms with Crippen LogP contribution in [0, 0.1) is 5.92 Å². The van der Waals surface area contributed by atoms with Gasteiger partial charge in [-0.2, -0.15) is 0 Å². The van der Waals surface area contributed by atoms with E-state index < -0.39 is 0 Å². The third-order valence-electron chi connectivity index (χ3n) is 6.19. The number of nitrogens with one attached hydrogen (secondary N) is 2. The molecule has 2 heterocycles. The van der Waals surface area contributed by atoms with Crippen molar-refractivity contribution >= 4 is 11.7 Å². The highest BCUT2D eigenvalue weighted by Gasteiger charge is 2.37. The summed E-state index contributed by atoms with van der Waals surface area (Å²) in [6.45, 7) is 3.97. The summed E-state index contributed by atoms with van der Waals surface area (Å²) < 4.78 is 5.68. The van der Waals surface area contributed by atoms with Crippen LogP contribution in [-0.2, 0) is 4.79 Å². The maximum atomic E-state index is 12.8. The fourth-order valence-electron chi connectivity index (χ4n) is 4.54. The zero-order chi connectivity index (χ0) is 20.9. The Hall–Kier alpha value is -2.70. The van der Waals surface area contributed by atoms with Gasteiger partial charge in [0.15, 0.2) is 12.4 Å². The van der Waals surface area contributed by atoms with E-state index in [2.05, 4.69) is 35.1 Å². The second-order valence-electron chi connectivity index (χ2n) is 8.18. The van der Waals surface area contributed by atoms with Gasteiger partial charge in [-0.1, -0.05) is 30.3 Å². The summed E-state index contributed by atoms with van der Waals surface area (Å²) in [7, 11) is 0. The van der Waals surface area contributed by atoms with Gasteiger partial charge in [0.25, 0.3) is 5.91 Å². The molecule has 2 N–H and O–H groups in total. The first-order valence-corrected chi connectivity index (χ1v) is 10.7. The van der Waals surface area contributed by atoms with Crippen molar-refractivity contribution in [2.45, 2.75) is 31.7 Å². The van der Waals surface area contributed by atoms with E-state index in [1.807, 2.05) is 11.0 Å². The van der Waals surface area contributed by atoms with E-state index in [-0.39, 0.29) is 18.3 Å². The highest BCUT2D eigenvalue weighted by atomic mass is 16.5. The van der Waals surface area contributed by atoms with Gasteiger partial charge in [-0.15, -0.1) is 0 Å². The predicted molar refractivity (Wildman–Crippen MR) is 115 cm³/mol. The average Bonchev–Trinajstić information content (AvgIpc) is 3.28. The molecular weight excluding hydrogens is 378 g/mol. The highest BCUT2D eigenvalue weighted by molar-refractivity contribution is 5.94. The summed E-state index contributed by atoms with van der Waals surface area (Å²) >= 11 is 0. The summed E-state index contributed by atoms with van der Waals surface area (Å²) in [5.41, 5.74) is 8.75. The number of Topliss-reactive ketones (excluding diaryl/α,β-unsaturated/α-hetero) is 1. The van der Waals surface area contributed by atoms with E-state index in [1.54, 1.807) is 24.3 Å². The van der Waals surface area contributed by atoms with Crippen molar-refractivity contribution in [3.05, 3.63) is 65.7 Å². The van der Waals surface area contributed by atoms with Gasteiger partial charge in [0.1, 0.15) is 5.75 Å². The molecule has 158 valence electrons. The molecular formula is C24H29N3O3. The molecule has 4 rings (SSSR count). The minimum atomic E-state index is 0.0116. The first-order valence-electron chi connectivity index (χ1n) is 10.7. The van der Waals surface area contributed by atoms with Crippen molar-refractivity contribution in [3.63, 3.8) is 0 Å². The van der Waals surface area contributed by atoms with Crippen LogP contribution in [0.4, 0.5) is 0 Å². The lowest BCUT2D eigenvalue weighted by atomic mass is 9.81. The smallest absolute Gasteiger partial charge is 0.260 e. The van der Waals surface area contributed by atoms with Crippen molar-refractivity contribution < 1.29 is 14.3 Å². The number of piperidine rings is 1. The standard InChI is InChI=1S/C24H29N3O3/c1-17(28)18-9-11-21(12-10-18)30-16-23(29)27-13-5-8-20(15-27)24-22(14-25-26-24)19-6-3-2-4-7-19/h2-4,6-7,9-12,20,22,24-26H,5,8,13-16H2,1H3. The topological polar surface area (TPSA) is 70.7 Å². The molecule has 3 unspecified atom stereocenters. The molecule has 2 aliphatic heterocycles. The molecule has 30 heavy (non-hydrogen) atoms. The average molecular weight is 408 g/mol. The largest absolute Gasteiger partial charge is 0.484 e. The molecule has 2 aliphatic rings. The van der Waals surface area contributed by atoms with E-state index in [9.17, 15) is 9.59 Å². The van der Waals surface area contributed by atoms with Gasteiger partial charge in [-0.25, -0.2) is 0 Å². The number of amides is 1. The summed E-state index contributed by atoms with van der Waals surface area (Å²) in [4.78, 5) is 26.1. The number of carbonyl (C=O) groups is 2. The van der Waals surface area contributed by atoms with E-state index in [0.29, 0.717) is 29.2 Å². The maximum Gasteiger partial charge on any atom is 0.260 e. The number of rotatable bonds is 6. The highest BCUT2D eigenvalue weighted by Crippen LogP contribution is 2.31. The lowest BCUT2D eigenvalue weighted by molar-refractivity contribution is -0.135. The van der Waals surface area contributed by atoms with E-state index in [4.69, 9.17) is 4.74 Å². The molecule has 2 aromatic carbocycles. The van der Waals surface area contributed by atoms with Crippen LogP contribution >= 0.6 is 0 Å². The maximum absolute atomic E-state index is 12.8. The number of carbonyl (C=O) groups excluding carboxylic acids is 2. The molecule has 2 saturated heterocycles. The van der Waals surface area contributed by atoms with Crippen molar-refractivity contribution in [2.75, 3.05) is 26.2 Å². The van der Waals surface area contributed by atoms with Crippen LogP contribution in [0.1, 0.15) is 41.6 Å². The summed E-state index contributed by atoms with van der Waals surface area (Å²) in [6, 6.07) is 17.8. The molecule has 1 amide bonds. The Morgan fingerprint density at radius 2 is 1.87 bits per heavy atom. The lowest BCUT2D eigenvalue weighted by Gasteiger charge is -2.37. The van der Waals surface area contributed by atoms with Gasteiger partial charge in [0.2, 0.25) is 0 Å². The van der Waals surface area contributed by atoms with Gasteiger partial charge < -0.3 is 9.64 Å². The number of hydrazine groups is 1. The number of ketones is 1. The van der Waals surface area contributed by atoms with E-state index in [0.717, 1.165) is 32.5 Å². The molecule has 2 fully saturated rings. The Morgan fingerprint density at radius 3 is 2.60 bits per heavy atom. The number of hydrogen-bond donors (Lipinski definition) is 2. The SMILES string of the molecule is CC(=O)c1ccc(OCC(=O)N2CCCC(C3NNCC3c3ccccc3)C2)cc1. The predicted octanol–water partition coefficient (Wildman–Crippen LogP) is 2.77. The van der Waals surface area contributed by atoms with Gasteiger partial charge in [0.05, 0.1) is 0 Å². The number of ether oxygens (including phenoxy) is 1. The third-order valence-corrected chi connectivity index (χ3v) is 6.19. The van der Waals surface area contributed by atoms with Gasteiger partial charge >= 0.3 is 0 Å². The molecule has 0 spiro atoms. The molecule has 2 aromatic rings. The summed E-state index contributed by atoms with van der Waals surface area (Å²) in [5, 5.41) is 0. The van der Waals surface area contributed by atoms with Gasteiger partial charge in [0, 0.05) is 37.2 Å². The Labute approximate surface area is 177 Å². The fourth-order valence-corrected chi connectivity index (χ4v) is 4.54. The second-order valence-corrected chi connectivity index (χ2v) is 8.18. The van der Waals surface area contributed by atoms with E-state index >= 15 is 0 Å². The number of benzene rings is 2. The summed E-state index contributed by atoms with van der Waals surface area (Å²) in [6.07, 6.45) is 2.11. The van der Waals surface area contributed by atoms with Crippen LogP contribution in [0.2, 0.25) is 0 Å². The number of nitrogens with zero attached hydrogens (tertiary/aromatic N) is 1. The van der Waals surface area contributed by atoms with Crippen LogP contribution in [0.3, 0.4) is 0 Å². The Balaban J connectivity index is 1.34. The number of hydrogen-bond acceptors (Lipinski definition) is 5. The lowest BCUT2D eigenvalue weighted by Crippen LogP contribution is -2.49. The van der Waals surface area contributed by atoms with Crippen LogP contribution in [-0.4, -0.2) is 48.9 Å². The Morgan fingerprint density at radius 1 is 1.10 bits per heavy atom. The molecule has 0 bridgehead atoms. The van der Waals surface area contributed by atoms with Crippen molar-refractivity contribution in [2.24, 2.45) is 5.92 Å². The van der Waals surface area contributed by atoms with Crippen LogP contribution in [0.15, 0.2) is 54.6 Å². The molecule has 0 saturated carbocycles. The zero-order valence-electron chi connectivity index (χ0n) is 17.3. The van der Waals surface area contributed by atoms with Crippen molar-refractivity contribution in [1.29, 1.82) is 0 Å². The number of likely N-dealkylation sites (tertiary alicyclic amines) is 1. The molecule has 0 aromatic heterocycles. The molecule has 3 atom stereocenters. The molecule has 0 radical (unpaired) electrons. The zero-order valence-corrected chi connectivity index (χ0v) is 17.3. The molecule has 6 heteroatoms. The minimum absolute atomic E-state index is 0.0116. The van der Waals surface area contributed by atoms with Crippen LogP contribution in [0.5, 0.6) is 5.75 Å². The Kier molecular flexibility index (Phi) is 6.45. The quantitative estimate of drug-likeness (QED) is 0.721. The van der Waals surface area contributed by atoms with Gasteiger partial charge in [-0.3, -0.25) is 20.4 Å². The normalized spacial score (nSPS) is 23.9. The van der Waals surface area contributed by atoms with Crippen molar-refractivity contribution in [3.8, 4) is 5.75 Å². The molecule has 0 aliphatic carbocycles. The Bertz CT molecular complexity index is 869. The van der Waals surface area contributed by atoms with Gasteiger partial charge in [-0.05, 0) is 55.5 Å². The first kappa shape index (κ1) is 20.6. The van der Waals surface area contributed by atoms with E-state index in [1.165, 1.54) is 12.5 Å². The second kappa shape index (κ2) is 9.41. The monoisotopic (exact) mass is 407 g/mol. The first-order chi connectivity index (χ1) is 14.6. The van der Waals surface area contributed by atoms with Crippen LogP contribution in [0.25, 0.3) is 0 Å². The summed E-state index contributed by atoms with van der Waals surface area (Å²) in [5.74, 6) is 1.44. The fraction of sp³-hybridized carbons (Fsp3) is 0.417. The third kappa shape index (κ3) is 4.71. The van der Waals surface area contributed by atoms with Crippen LogP contribution < -0.4 is 15.6 Å². The minimum Gasteiger partial charge on any atom is -0.484 e. The van der Waals surface area contributed by atoms with Crippen molar-refractivity contribution in [1.82, 2.24) is 15.8 Å².